The zero-order valence-electron chi connectivity index (χ0n) is 15.9. The highest BCUT2D eigenvalue weighted by Crippen LogP contribution is 2.26. The van der Waals surface area contributed by atoms with Gasteiger partial charge in [0.05, 0.1) is 4.90 Å². The summed E-state index contributed by atoms with van der Waals surface area (Å²) in [5.74, 6) is 0.510. The van der Waals surface area contributed by atoms with Crippen LogP contribution in [0.15, 0.2) is 23.1 Å². The lowest BCUT2D eigenvalue weighted by molar-refractivity contribution is -0.116. The van der Waals surface area contributed by atoms with Crippen molar-refractivity contribution in [1.29, 1.82) is 0 Å². The molecule has 152 valence electrons. The molecule has 8 heteroatoms. The number of carbonyl (C=O) groups excluding carboxylic acids is 1. The molecule has 0 saturated carbocycles. The van der Waals surface area contributed by atoms with Crippen LogP contribution in [-0.4, -0.2) is 44.8 Å². The van der Waals surface area contributed by atoms with Crippen LogP contribution in [0.3, 0.4) is 0 Å². The third-order valence-electron chi connectivity index (χ3n) is 5.35. The van der Waals surface area contributed by atoms with E-state index < -0.39 is 10.0 Å². The molecule has 2 aliphatic rings. The van der Waals surface area contributed by atoms with Crippen LogP contribution in [0.4, 0.5) is 5.69 Å². The predicted molar refractivity (Wildman–Crippen MR) is 110 cm³/mol. The molecule has 0 aliphatic carbocycles. The summed E-state index contributed by atoms with van der Waals surface area (Å²) in [6.07, 6.45) is 5.35. The normalized spacial score (nSPS) is 20.9. The standard InChI is InChI=1S/C19H29N3O3S.ClH/c1-15-5-7-17(21-19(23)8-6-16-9-10-20-14-16)13-18(15)26(24,25)22-11-3-2-4-12-22;/h5,7,13,16,20H,2-4,6,8-12,14H2,1H3,(H,21,23);1H. The number of nitrogens with one attached hydrogen (secondary N) is 2. The van der Waals surface area contributed by atoms with E-state index in [1.165, 1.54) is 0 Å². The molecule has 0 bridgehead atoms. The summed E-state index contributed by atoms with van der Waals surface area (Å²) in [4.78, 5) is 12.5. The Morgan fingerprint density at radius 3 is 2.67 bits per heavy atom. The summed E-state index contributed by atoms with van der Waals surface area (Å²) in [5, 5.41) is 6.17. The lowest BCUT2D eigenvalue weighted by Crippen LogP contribution is -2.36. The van der Waals surface area contributed by atoms with Crippen LogP contribution < -0.4 is 10.6 Å². The maximum atomic E-state index is 13.0. The highest BCUT2D eigenvalue weighted by molar-refractivity contribution is 7.89. The number of rotatable bonds is 6. The number of halogens is 1. The molecular formula is C19H30ClN3O3S. The largest absolute Gasteiger partial charge is 0.326 e. The van der Waals surface area contributed by atoms with Crippen LogP contribution >= 0.6 is 12.4 Å². The van der Waals surface area contributed by atoms with Gasteiger partial charge in [0.1, 0.15) is 0 Å². The summed E-state index contributed by atoms with van der Waals surface area (Å²) >= 11 is 0. The zero-order valence-corrected chi connectivity index (χ0v) is 17.5. The van der Waals surface area contributed by atoms with Crippen LogP contribution in [0.2, 0.25) is 0 Å². The molecule has 1 amide bonds. The Labute approximate surface area is 168 Å². The average Bonchev–Trinajstić information content (AvgIpc) is 3.16. The molecule has 6 nitrogen and oxygen atoms in total. The second-order valence-electron chi connectivity index (χ2n) is 7.39. The minimum Gasteiger partial charge on any atom is -0.326 e. The van der Waals surface area contributed by atoms with Crippen molar-refractivity contribution in [3.8, 4) is 0 Å². The quantitative estimate of drug-likeness (QED) is 0.748. The second-order valence-corrected chi connectivity index (χ2v) is 9.30. The number of sulfonamides is 1. The summed E-state index contributed by atoms with van der Waals surface area (Å²) in [6, 6.07) is 5.15. The average molecular weight is 416 g/mol. The molecule has 27 heavy (non-hydrogen) atoms. The number of nitrogens with zero attached hydrogens (tertiary/aromatic N) is 1. The van der Waals surface area contributed by atoms with Gasteiger partial charge in [0.2, 0.25) is 15.9 Å². The Morgan fingerprint density at radius 1 is 1.26 bits per heavy atom. The molecule has 1 aromatic carbocycles. The zero-order chi connectivity index (χ0) is 18.6. The van der Waals surface area contributed by atoms with Gasteiger partial charge >= 0.3 is 0 Å². The van der Waals surface area contributed by atoms with E-state index in [0.29, 0.717) is 41.6 Å². The maximum Gasteiger partial charge on any atom is 0.243 e. The molecule has 0 spiro atoms. The summed E-state index contributed by atoms with van der Waals surface area (Å²) in [5.41, 5.74) is 1.27. The van der Waals surface area contributed by atoms with Crippen LogP contribution in [-0.2, 0) is 14.8 Å². The third kappa shape index (κ3) is 5.67. The van der Waals surface area contributed by atoms with E-state index in [9.17, 15) is 13.2 Å². The first-order valence-electron chi connectivity index (χ1n) is 9.58. The van der Waals surface area contributed by atoms with Crippen LogP contribution in [0.25, 0.3) is 0 Å². The number of piperidine rings is 1. The molecular weight excluding hydrogens is 386 g/mol. The summed E-state index contributed by atoms with van der Waals surface area (Å²) in [7, 11) is -3.50. The fourth-order valence-corrected chi connectivity index (χ4v) is 5.49. The monoisotopic (exact) mass is 415 g/mol. The maximum absolute atomic E-state index is 13.0. The lowest BCUT2D eigenvalue weighted by atomic mass is 10.0. The van der Waals surface area contributed by atoms with Gasteiger partial charge in [-0.1, -0.05) is 12.5 Å². The number of amides is 1. The van der Waals surface area contributed by atoms with E-state index in [1.54, 1.807) is 29.4 Å². The smallest absolute Gasteiger partial charge is 0.243 e. The Kier molecular flexibility index (Phi) is 8.09. The Balaban J connectivity index is 0.00000261. The van der Waals surface area contributed by atoms with E-state index >= 15 is 0 Å². The van der Waals surface area contributed by atoms with E-state index in [2.05, 4.69) is 10.6 Å². The summed E-state index contributed by atoms with van der Waals surface area (Å²) in [6.45, 7) is 4.97. The molecule has 3 rings (SSSR count). The van der Waals surface area contributed by atoms with Crippen LogP contribution in [0.1, 0.15) is 44.1 Å². The van der Waals surface area contributed by atoms with E-state index in [4.69, 9.17) is 0 Å². The lowest BCUT2D eigenvalue weighted by Gasteiger charge is -2.26. The first kappa shape index (κ1) is 22.1. The van der Waals surface area contributed by atoms with Crippen molar-refractivity contribution in [2.45, 2.75) is 50.3 Å². The topological polar surface area (TPSA) is 78.5 Å². The highest BCUT2D eigenvalue weighted by Gasteiger charge is 2.27. The van der Waals surface area contributed by atoms with Crippen molar-refractivity contribution in [2.75, 3.05) is 31.5 Å². The van der Waals surface area contributed by atoms with Crippen molar-refractivity contribution in [3.63, 3.8) is 0 Å². The summed E-state index contributed by atoms with van der Waals surface area (Å²) < 4.78 is 27.5. The minimum atomic E-state index is -3.50. The molecule has 2 saturated heterocycles. The Hall–Kier alpha value is -1.15. The number of aryl methyl sites for hydroxylation is 1. The van der Waals surface area contributed by atoms with Gasteiger partial charge in [0.15, 0.2) is 0 Å². The van der Waals surface area contributed by atoms with Crippen LogP contribution in [0, 0.1) is 12.8 Å². The first-order chi connectivity index (χ1) is 12.5. The predicted octanol–water partition coefficient (Wildman–Crippen LogP) is 2.92. The number of carbonyl (C=O) groups is 1. The SMILES string of the molecule is Cc1ccc(NC(=O)CCC2CCNC2)cc1S(=O)(=O)N1CCCCC1.Cl. The van der Waals surface area contributed by atoms with Gasteiger partial charge in [-0.3, -0.25) is 4.79 Å². The fraction of sp³-hybridized carbons (Fsp3) is 0.632. The van der Waals surface area contributed by atoms with Crippen molar-refractivity contribution in [2.24, 2.45) is 5.92 Å². The van der Waals surface area contributed by atoms with Crippen molar-refractivity contribution < 1.29 is 13.2 Å². The molecule has 0 aromatic heterocycles. The highest BCUT2D eigenvalue weighted by atomic mass is 35.5. The number of benzene rings is 1. The minimum absolute atomic E-state index is 0. The second kappa shape index (κ2) is 9.87. The molecule has 1 unspecified atom stereocenters. The van der Waals surface area contributed by atoms with Crippen LogP contribution in [0.5, 0.6) is 0 Å². The number of hydrogen-bond acceptors (Lipinski definition) is 4. The van der Waals surface area contributed by atoms with Crippen molar-refractivity contribution >= 4 is 34.0 Å². The molecule has 1 atom stereocenters. The molecule has 0 radical (unpaired) electrons. The van der Waals surface area contributed by atoms with Gasteiger partial charge in [-0.25, -0.2) is 8.42 Å². The van der Waals surface area contributed by atoms with Gasteiger partial charge in [-0.15, -0.1) is 12.4 Å². The van der Waals surface area contributed by atoms with Gasteiger partial charge in [-0.2, -0.15) is 4.31 Å². The van der Waals surface area contributed by atoms with E-state index in [-0.39, 0.29) is 18.3 Å². The molecule has 1 aromatic rings. The Morgan fingerprint density at radius 2 is 2.00 bits per heavy atom. The van der Waals surface area contributed by atoms with Crippen molar-refractivity contribution in [1.82, 2.24) is 9.62 Å². The number of anilines is 1. The third-order valence-corrected chi connectivity index (χ3v) is 7.39. The molecule has 2 aliphatic heterocycles. The molecule has 2 fully saturated rings. The number of hydrogen-bond donors (Lipinski definition) is 2. The first-order valence-corrected chi connectivity index (χ1v) is 11.0. The Bertz CT molecular complexity index is 743. The fourth-order valence-electron chi connectivity index (χ4n) is 3.72. The van der Waals surface area contributed by atoms with Gasteiger partial charge in [-0.05, 0) is 69.3 Å². The molecule has 2 heterocycles. The van der Waals surface area contributed by atoms with Gasteiger partial charge in [0.25, 0.3) is 0 Å². The van der Waals surface area contributed by atoms with E-state index in [1.807, 2.05) is 0 Å². The molecule has 2 N–H and O–H groups in total. The van der Waals surface area contributed by atoms with Gasteiger partial charge in [0, 0.05) is 25.2 Å². The van der Waals surface area contributed by atoms with E-state index in [0.717, 1.165) is 45.2 Å². The van der Waals surface area contributed by atoms with Gasteiger partial charge < -0.3 is 10.6 Å². The van der Waals surface area contributed by atoms with Crippen molar-refractivity contribution in [3.05, 3.63) is 23.8 Å².